The van der Waals surface area contributed by atoms with Gasteiger partial charge < -0.3 is 10.6 Å². The topological polar surface area (TPSA) is 46.3 Å². The highest BCUT2D eigenvalue weighted by atomic mass is 35.5. The minimum atomic E-state index is 0.0657. The molecule has 2 N–H and O–H groups in total. The van der Waals surface area contributed by atoms with Gasteiger partial charge in [-0.1, -0.05) is 11.6 Å². The average Bonchev–Trinajstić information content (AvgIpc) is 2.37. The molecule has 0 aliphatic carbocycles. The van der Waals surface area contributed by atoms with Crippen LogP contribution in [0.25, 0.3) is 0 Å². The van der Waals surface area contributed by atoms with Gasteiger partial charge in [-0.15, -0.1) is 0 Å². The maximum absolute atomic E-state index is 12.5. The molecule has 0 saturated carbocycles. The van der Waals surface area contributed by atoms with Crippen LogP contribution in [0.5, 0.6) is 0 Å². The van der Waals surface area contributed by atoms with Crippen LogP contribution in [-0.2, 0) is 0 Å². The van der Waals surface area contributed by atoms with Gasteiger partial charge in [0.1, 0.15) is 0 Å². The third kappa shape index (κ3) is 3.48. The zero-order valence-corrected chi connectivity index (χ0v) is 12.3. The Morgan fingerprint density at radius 1 is 1.47 bits per heavy atom. The fraction of sp³-hybridized carbons (Fsp3) is 0.533. The number of rotatable bonds is 2. The standard InChI is InChI=1S/C15H21ClN2O/c1-10-6-13(8-14(16)7-10)15(19)18-5-3-4-12(9-18)11(2)17/h6-8,11-12H,3-5,9,17H2,1-2H3. The van der Waals surface area contributed by atoms with Gasteiger partial charge in [0, 0.05) is 29.7 Å². The van der Waals surface area contributed by atoms with Crippen molar-refractivity contribution >= 4 is 17.5 Å². The van der Waals surface area contributed by atoms with E-state index in [1.54, 1.807) is 6.07 Å². The number of likely N-dealkylation sites (tertiary alicyclic amines) is 1. The van der Waals surface area contributed by atoms with Crippen LogP contribution in [0.15, 0.2) is 18.2 Å². The molecule has 1 heterocycles. The van der Waals surface area contributed by atoms with Gasteiger partial charge in [0.2, 0.25) is 0 Å². The number of piperidine rings is 1. The number of nitrogens with zero attached hydrogens (tertiary/aromatic N) is 1. The zero-order valence-electron chi connectivity index (χ0n) is 11.5. The van der Waals surface area contributed by atoms with Crippen molar-refractivity contribution in [1.82, 2.24) is 4.90 Å². The number of amides is 1. The van der Waals surface area contributed by atoms with E-state index in [0.717, 1.165) is 31.5 Å². The highest BCUT2D eigenvalue weighted by Crippen LogP contribution is 2.22. The molecule has 2 atom stereocenters. The third-order valence-electron chi connectivity index (χ3n) is 3.78. The fourth-order valence-corrected chi connectivity index (χ4v) is 2.96. The number of hydrogen-bond acceptors (Lipinski definition) is 2. The Hall–Kier alpha value is -1.06. The van der Waals surface area contributed by atoms with Gasteiger partial charge in [0.25, 0.3) is 5.91 Å². The fourth-order valence-electron chi connectivity index (χ4n) is 2.67. The first kappa shape index (κ1) is 14.4. The summed E-state index contributed by atoms with van der Waals surface area (Å²) in [6.07, 6.45) is 2.13. The van der Waals surface area contributed by atoms with E-state index in [-0.39, 0.29) is 11.9 Å². The lowest BCUT2D eigenvalue weighted by atomic mass is 9.92. The van der Waals surface area contributed by atoms with Gasteiger partial charge in [0.05, 0.1) is 0 Å². The van der Waals surface area contributed by atoms with Crippen molar-refractivity contribution in [3.8, 4) is 0 Å². The minimum absolute atomic E-state index is 0.0657. The van der Waals surface area contributed by atoms with Crippen molar-refractivity contribution in [3.63, 3.8) is 0 Å². The Balaban J connectivity index is 2.14. The molecule has 1 aromatic carbocycles. The summed E-state index contributed by atoms with van der Waals surface area (Å²) in [5.41, 5.74) is 7.64. The number of nitrogens with two attached hydrogens (primary N) is 1. The van der Waals surface area contributed by atoms with E-state index in [9.17, 15) is 4.79 Å². The molecule has 1 aliphatic rings. The largest absolute Gasteiger partial charge is 0.338 e. The summed E-state index contributed by atoms with van der Waals surface area (Å²) in [5, 5.41) is 0.615. The second-order valence-corrected chi connectivity index (χ2v) is 5.97. The van der Waals surface area contributed by atoms with Crippen molar-refractivity contribution < 1.29 is 4.79 Å². The summed E-state index contributed by atoms with van der Waals surface area (Å²) in [7, 11) is 0. The SMILES string of the molecule is Cc1cc(Cl)cc(C(=O)N2CCCC(C(C)N)C2)c1. The predicted molar refractivity (Wildman–Crippen MR) is 78.5 cm³/mol. The summed E-state index contributed by atoms with van der Waals surface area (Å²) >= 11 is 6.02. The smallest absolute Gasteiger partial charge is 0.253 e. The maximum atomic E-state index is 12.5. The Labute approximate surface area is 119 Å². The highest BCUT2D eigenvalue weighted by Gasteiger charge is 2.26. The monoisotopic (exact) mass is 280 g/mol. The van der Waals surface area contributed by atoms with Crippen molar-refractivity contribution in [2.75, 3.05) is 13.1 Å². The molecular formula is C15H21ClN2O. The van der Waals surface area contributed by atoms with Crippen molar-refractivity contribution in [3.05, 3.63) is 34.3 Å². The molecule has 19 heavy (non-hydrogen) atoms. The number of carbonyl (C=O) groups is 1. The Morgan fingerprint density at radius 2 is 2.21 bits per heavy atom. The molecule has 104 valence electrons. The van der Waals surface area contributed by atoms with Crippen LogP contribution in [-0.4, -0.2) is 29.9 Å². The van der Waals surface area contributed by atoms with E-state index in [4.69, 9.17) is 17.3 Å². The molecule has 0 bridgehead atoms. The van der Waals surface area contributed by atoms with Crippen LogP contribution in [0.2, 0.25) is 5.02 Å². The summed E-state index contributed by atoms with van der Waals surface area (Å²) < 4.78 is 0. The summed E-state index contributed by atoms with van der Waals surface area (Å²) in [6.45, 7) is 5.53. The van der Waals surface area contributed by atoms with E-state index in [0.29, 0.717) is 16.5 Å². The Bertz CT molecular complexity index is 453. The molecule has 4 heteroatoms. The van der Waals surface area contributed by atoms with Crippen molar-refractivity contribution in [2.24, 2.45) is 11.7 Å². The molecule has 2 unspecified atom stereocenters. The first-order valence-electron chi connectivity index (χ1n) is 6.79. The lowest BCUT2D eigenvalue weighted by Gasteiger charge is -2.34. The van der Waals surface area contributed by atoms with Crippen LogP contribution < -0.4 is 5.73 Å². The Morgan fingerprint density at radius 3 is 2.84 bits per heavy atom. The maximum Gasteiger partial charge on any atom is 0.253 e. The predicted octanol–water partition coefficient (Wildman–Crippen LogP) is 2.85. The second kappa shape index (κ2) is 5.93. The molecule has 0 spiro atoms. The number of hydrogen-bond donors (Lipinski definition) is 1. The summed E-state index contributed by atoms with van der Waals surface area (Å²) in [4.78, 5) is 14.4. The van der Waals surface area contributed by atoms with Crippen molar-refractivity contribution in [2.45, 2.75) is 32.7 Å². The normalized spacial score (nSPS) is 21.3. The second-order valence-electron chi connectivity index (χ2n) is 5.53. The van der Waals surface area contributed by atoms with E-state index < -0.39 is 0 Å². The molecule has 3 nitrogen and oxygen atoms in total. The molecule has 0 radical (unpaired) electrons. The molecule has 1 saturated heterocycles. The van der Waals surface area contributed by atoms with Crippen molar-refractivity contribution in [1.29, 1.82) is 0 Å². The van der Waals surface area contributed by atoms with E-state index in [1.807, 2.05) is 30.9 Å². The molecular weight excluding hydrogens is 260 g/mol. The lowest BCUT2D eigenvalue weighted by molar-refractivity contribution is 0.0661. The van der Waals surface area contributed by atoms with Crippen LogP contribution in [0, 0.1) is 12.8 Å². The molecule has 1 amide bonds. The van der Waals surface area contributed by atoms with Gasteiger partial charge in [-0.25, -0.2) is 0 Å². The number of halogens is 1. The molecule has 1 aromatic rings. The van der Waals surface area contributed by atoms with Crippen LogP contribution in [0.4, 0.5) is 0 Å². The minimum Gasteiger partial charge on any atom is -0.338 e. The van der Waals surface area contributed by atoms with Gasteiger partial charge in [-0.3, -0.25) is 4.79 Å². The molecule has 1 aliphatic heterocycles. The lowest BCUT2D eigenvalue weighted by Crippen LogP contribution is -2.45. The zero-order chi connectivity index (χ0) is 14.0. The van der Waals surface area contributed by atoms with E-state index >= 15 is 0 Å². The highest BCUT2D eigenvalue weighted by molar-refractivity contribution is 6.31. The van der Waals surface area contributed by atoms with E-state index in [2.05, 4.69) is 0 Å². The van der Waals surface area contributed by atoms with E-state index in [1.165, 1.54) is 0 Å². The van der Waals surface area contributed by atoms with Crippen LogP contribution in [0.3, 0.4) is 0 Å². The molecule has 1 fully saturated rings. The molecule has 2 rings (SSSR count). The summed E-state index contributed by atoms with van der Waals surface area (Å²) in [5.74, 6) is 0.467. The van der Waals surface area contributed by atoms with Gasteiger partial charge in [-0.2, -0.15) is 0 Å². The Kier molecular flexibility index (Phi) is 4.48. The van der Waals surface area contributed by atoms with Crippen LogP contribution >= 0.6 is 11.6 Å². The number of benzene rings is 1. The van der Waals surface area contributed by atoms with Gasteiger partial charge in [-0.05, 0) is 56.4 Å². The third-order valence-corrected chi connectivity index (χ3v) is 4.00. The number of aryl methyl sites for hydroxylation is 1. The first-order chi connectivity index (χ1) is 8.97. The van der Waals surface area contributed by atoms with Gasteiger partial charge in [0.15, 0.2) is 0 Å². The summed E-state index contributed by atoms with van der Waals surface area (Å²) in [6, 6.07) is 5.63. The number of carbonyl (C=O) groups excluding carboxylic acids is 1. The molecule has 0 aromatic heterocycles. The quantitative estimate of drug-likeness (QED) is 0.905. The van der Waals surface area contributed by atoms with Gasteiger partial charge >= 0.3 is 0 Å². The first-order valence-corrected chi connectivity index (χ1v) is 7.17. The van der Waals surface area contributed by atoms with Crippen LogP contribution in [0.1, 0.15) is 35.7 Å². The average molecular weight is 281 g/mol.